The van der Waals surface area contributed by atoms with Gasteiger partial charge in [0.2, 0.25) is 0 Å². The van der Waals surface area contributed by atoms with Crippen molar-refractivity contribution >= 4 is 17.7 Å². The first-order valence-electron chi connectivity index (χ1n) is 8.46. The lowest BCUT2D eigenvalue weighted by Gasteiger charge is -2.36. The molecule has 0 saturated carbocycles. The van der Waals surface area contributed by atoms with E-state index in [1.54, 1.807) is 32.0 Å². The predicted molar refractivity (Wildman–Crippen MR) is 102 cm³/mol. The molecule has 1 aliphatic rings. The van der Waals surface area contributed by atoms with E-state index in [1.165, 1.54) is 6.07 Å². The zero-order valence-electron chi connectivity index (χ0n) is 15.2. The molecule has 7 heteroatoms. The normalized spacial score (nSPS) is 17.4. The van der Waals surface area contributed by atoms with Crippen LogP contribution in [-0.2, 0) is 21.8 Å². The van der Waals surface area contributed by atoms with Crippen molar-refractivity contribution in [2.24, 2.45) is 4.99 Å². The van der Waals surface area contributed by atoms with Crippen LogP contribution < -0.4 is 10.6 Å². The average Bonchev–Trinajstić information content (AvgIpc) is 2.64. The summed E-state index contributed by atoms with van der Waals surface area (Å²) in [7, 11) is 3.49. The first-order valence-corrected chi connectivity index (χ1v) is 9.85. The molecule has 0 atom stereocenters. The van der Waals surface area contributed by atoms with Crippen molar-refractivity contribution in [2.75, 3.05) is 40.2 Å². The van der Waals surface area contributed by atoms with E-state index in [-0.39, 0.29) is 11.4 Å². The number of nitrogens with zero attached hydrogens (tertiary/aromatic N) is 1. The summed E-state index contributed by atoms with van der Waals surface area (Å²) in [4.78, 5) is 4.27. The van der Waals surface area contributed by atoms with Crippen LogP contribution in [0.15, 0.2) is 23.2 Å². The average molecular weight is 370 g/mol. The summed E-state index contributed by atoms with van der Waals surface area (Å²) in [5.74, 6) is 1.30. The topological polar surface area (TPSA) is 54.9 Å². The minimum absolute atomic E-state index is 0.197. The lowest BCUT2D eigenvalue weighted by Crippen LogP contribution is -2.50. The molecule has 0 amide bonds. The van der Waals surface area contributed by atoms with Crippen molar-refractivity contribution in [1.82, 2.24) is 10.6 Å². The molecule has 1 aliphatic heterocycles. The van der Waals surface area contributed by atoms with Crippen molar-refractivity contribution in [3.8, 4) is 0 Å². The fraction of sp³-hybridized carbons (Fsp3) is 0.611. The van der Waals surface area contributed by atoms with Crippen LogP contribution in [0, 0.1) is 5.82 Å². The molecule has 0 bridgehead atoms. The van der Waals surface area contributed by atoms with Crippen molar-refractivity contribution in [2.45, 2.75) is 30.7 Å². The van der Waals surface area contributed by atoms with Gasteiger partial charge in [-0.05, 0) is 29.5 Å². The highest BCUT2D eigenvalue weighted by Gasteiger charge is 2.32. The third kappa shape index (κ3) is 5.87. The Bertz CT molecular complexity index is 577. The number of guanidine groups is 1. The van der Waals surface area contributed by atoms with Gasteiger partial charge in [0.25, 0.3) is 0 Å². The molecule has 140 valence electrons. The molecule has 0 spiro atoms. The van der Waals surface area contributed by atoms with Gasteiger partial charge in [-0.15, -0.1) is 0 Å². The first-order chi connectivity index (χ1) is 12.1. The number of benzene rings is 1. The maximum Gasteiger partial charge on any atom is 0.191 e. The Labute approximate surface area is 153 Å². The zero-order valence-corrected chi connectivity index (χ0v) is 16.0. The van der Waals surface area contributed by atoms with Crippen LogP contribution in [0.2, 0.25) is 0 Å². The second-order valence-corrected chi connectivity index (χ2v) is 6.99. The highest BCUT2D eigenvalue weighted by Crippen LogP contribution is 2.23. The zero-order chi connectivity index (χ0) is 18.1. The molecule has 1 fully saturated rings. The van der Waals surface area contributed by atoms with Crippen molar-refractivity contribution < 1.29 is 13.9 Å². The van der Waals surface area contributed by atoms with E-state index in [2.05, 4.69) is 15.6 Å². The van der Waals surface area contributed by atoms with Gasteiger partial charge in [0.1, 0.15) is 5.82 Å². The van der Waals surface area contributed by atoms with Crippen LogP contribution >= 0.6 is 11.8 Å². The molecule has 1 aromatic carbocycles. The van der Waals surface area contributed by atoms with E-state index >= 15 is 0 Å². The van der Waals surface area contributed by atoms with Gasteiger partial charge in [0.05, 0.1) is 5.60 Å². The smallest absolute Gasteiger partial charge is 0.191 e. The fourth-order valence-corrected chi connectivity index (χ4v) is 3.48. The Kier molecular flexibility index (Phi) is 7.99. The van der Waals surface area contributed by atoms with Gasteiger partial charge >= 0.3 is 0 Å². The molecule has 0 aromatic heterocycles. The van der Waals surface area contributed by atoms with Gasteiger partial charge in [-0.25, -0.2) is 4.39 Å². The molecule has 1 heterocycles. The third-order valence-electron chi connectivity index (χ3n) is 4.55. The number of hydrogen-bond acceptors (Lipinski definition) is 4. The second-order valence-electron chi connectivity index (χ2n) is 6.12. The Morgan fingerprint density at radius 3 is 2.72 bits per heavy atom. The van der Waals surface area contributed by atoms with Gasteiger partial charge in [0.15, 0.2) is 5.96 Å². The first kappa shape index (κ1) is 20.0. The molecule has 0 unspecified atom stereocenters. The Balaban J connectivity index is 1.92. The monoisotopic (exact) mass is 369 g/mol. The van der Waals surface area contributed by atoms with Crippen molar-refractivity contribution in [3.05, 3.63) is 35.1 Å². The minimum Gasteiger partial charge on any atom is -0.381 e. The van der Waals surface area contributed by atoms with Crippen molar-refractivity contribution in [1.29, 1.82) is 0 Å². The third-order valence-corrected chi connectivity index (χ3v) is 5.15. The van der Waals surface area contributed by atoms with Gasteiger partial charge in [-0.1, -0.05) is 6.07 Å². The number of methoxy groups -OCH3 is 1. The van der Waals surface area contributed by atoms with Gasteiger partial charge in [-0.2, -0.15) is 11.8 Å². The Hall–Kier alpha value is -1.31. The summed E-state index contributed by atoms with van der Waals surface area (Å²) in [5.41, 5.74) is 1.87. The van der Waals surface area contributed by atoms with Gasteiger partial charge in [-0.3, -0.25) is 4.99 Å². The molecule has 0 aliphatic carbocycles. The van der Waals surface area contributed by atoms with Crippen LogP contribution in [0.1, 0.15) is 24.0 Å². The number of nitrogens with one attached hydrogen (secondary N) is 2. The number of aliphatic imine (C=N–C) groups is 1. The summed E-state index contributed by atoms with van der Waals surface area (Å²) in [6, 6.07) is 4.93. The highest BCUT2D eigenvalue weighted by molar-refractivity contribution is 7.97. The van der Waals surface area contributed by atoms with E-state index < -0.39 is 0 Å². The molecule has 0 radical (unpaired) electrons. The van der Waals surface area contributed by atoms with E-state index in [4.69, 9.17) is 9.47 Å². The quantitative estimate of drug-likeness (QED) is 0.571. The number of rotatable bonds is 7. The van der Waals surface area contributed by atoms with Crippen LogP contribution in [0.3, 0.4) is 0 Å². The summed E-state index contributed by atoms with van der Waals surface area (Å²) in [5, 5.41) is 6.65. The number of hydrogen-bond donors (Lipinski definition) is 2. The van der Waals surface area contributed by atoms with E-state index in [0.717, 1.165) is 42.9 Å². The number of ether oxygens (including phenoxy) is 2. The summed E-state index contributed by atoms with van der Waals surface area (Å²) in [6.07, 6.45) is 3.74. The van der Waals surface area contributed by atoms with Gasteiger partial charge in [0, 0.05) is 59.1 Å². The summed E-state index contributed by atoms with van der Waals surface area (Å²) >= 11 is 1.68. The fourth-order valence-electron chi connectivity index (χ4n) is 2.90. The molecule has 1 saturated heterocycles. The molecular weight excluding hydrogens is 341 g/mol. The highest BCUT2D eigenvalue weighted by atomic mass is 32.2. The van der Waals surface area contributed by atoms with Crippen LogP contribution in [0.5, 0.6) is 0 Å². The molecule has 5 nitrogen and oxygen atoms in total. The molecule has 1 aromatic rings. The van der Waals surface area contributed by atoms with E-state index in [9.17, 15) is 4.39 Å². The van der Waals surface area contributed by atoms with E-state index in [0.29, 0.717) is 19.0 Å². The van der Waals surface area contributed by atoms with Crippen LogP contribution in [0.4, 0.5) is 4.39 Å². The summed E-state index contributed by atoms with van der Waals surface area (Å²) < 4.78 is 24.6. The molecule has 25 heavy (non-hydrogen) atoms. The number of halogens is 1. The minimum atomic E-state index is -0.213. The molecule has 2 N–H and O–H groups in total. The Morgan fingerprint density at radius 1 is 1.32 bits per heavy atom. The largest absolute Gasteiger partial charge is 0.381 e. The maximum absolute atomic E-state index is 13.5. The maximum atomic E-state index is 13.5. The SMILES string of the molecule is CN=C(NCc1ccc(F)cc1CSC)NCC1(OC)CCOCC1. The second kappa shape index (κ2) is 9.99. The lowest BCUT2D eigenvalue weighted by atomic mass is 9.94. The molecule has 2 rings (SSSR count). The van der Waals surface area contributed by atoms with Crippen molar-refractivity contribution in [3.63, 3.8) is 0 Å². The lowest BCUT2D eigenvalue weighted by molar-refractivity contribution is -0.0855. The predicted octanol–water partition coefficient (Wildman–Crippen LogP) is 2.55. The standard InChI is InChI=1S/C18H28FN3O2S/c1-20-17(22-13-18(23-2)6-8-24-9-7-18)21-11-14-4-5-16(19)10-15(14)12-25-3/h4-5,10H,6-9,11-13H2,1-3H3,(H2,20,21,22). The summed E-state index contributed by atoms with van der Waals surface area (Å²) in [6.45, 7) is 2.71. The van der Waals surface area contributed by atoms with Gasteiger partial charge < -0.3 is 20.1 Å². The number of thioether (sulfide) groups is 1. The van der Waals surface area contributed by atoms with E-state index in [1.807, 2.05) is 12.3 Å². The molecular formula is C18H28FN3O2S. The van der Waals surface area contributed by atoms with Crippen LogP contribution in [-0.4, -0.2) is 51.7 Å². The van der Waals surface area contributed by atoms with Crippen LogP contribution in [0.25, 0.3) is 0 Å². The Morgan fingerprint density at radius 2 is 2.08 bits per heavy atom.